The molecule has 0 unspecified atom stereocenters. The molecule has 2 heterocycles. The van der Waals surface area contributed by atoms with Crippen molar-refractivity contribution >= 4 is 17.9 Å². The monoisotopic (exact) mass is 238 g/mol. The maximum absolute atomic E-state index is 12.2. The Morgan fingerprint density at radius 1 is 0.889 bits per heavy atom. The number of aromatic nitrogens is 2. The number of carbonyl (C=O) groups is 1. The van der Waals surface area contributed by atoms with Gasteiger partial charge in [0.1, 0.15) is 0 Å². The molecule has 2 N–H and O–H groups in total. The van der Waals surface area contributed by atoms with Crippen LogP contribution < -0.4 is 0 Å². The molecule has 2 aromatic rings. The van der Waals surface area contributed by atoms with Crippen LogP contribution in [-0.4, -0.2) is 15.8 Å². The van der Waals surface area contributed by atoms with Crippen LogP contribution in [0.3, 0.4) is 0 Å². The Bertz CT molecular complexity index is 547. The van der Waals surface area contributed by atoms with Crippen molar-refractivity contribution in [2.45, 2.75) is 12.8 Å². The molecule has 0 atom stereocenters. The Labute approximate surface area is 105 Å². The summed E-state index contributed by atoms with van der Waals surface area (Å²) in [7, 11) is 0. The van der Waals surface area contributed by atoms with Gasteiger partial charge in [-0.05, 0) is 49.3 Å². The summed E-state index contributed by atoms with van der Waals surface area (Å²) >= 11 is 0. The summed E-state index contributed by atoms with van der Waals surface area (Å²) in [6.45, 7) is 0. The van der Waals surface area contributed by atoms with E-state index in [0.717, 1.165) is 35.4 Å². The molecule has 2 aromatic heterocycles. The van der Waals surface area contributed by atoms with E-state index < -0.39 is 0 Å². The van der Waals surface area contributed by atoms with Crippen molar-refractivity contribution < 1.29 is 4.79 Å². The van der Waals surface area contributed by atoms with Crippen LogP contribution in [0.4, 0.5) is 0 Å². The minimum Gasteiger partial charge on any atom is -0.362 e. The van der Waals surface area contributed by atoms with Gasteiger partial charge in [0.25, 0.3) is 0 Å². The fourth-order valence-electron chi connectivity index (χ4n) is 2.22. The van der Waals surface area contributed by atoms with E-state index in [1.807, 2.05) is 48.8 Å². The van der Waals surface area contributed by atoms with Gasteiger partial charge in [-0.1, -0.05) is 0 Å². The molecule has 1 fully saturated rings. The third-order valence-electron chi connectivity index (χ3n) is 3.15. The molecule has 0 amide bonds. The van der Waals surface area contributed by atoms with Crippen molar-refractivity contribution in [3.05, 3.63) is 59.2 Å². The lowest BCUT2D eigenvalue weighted by atomic mass is 10.1. The van der Waals surface area contributed by atoms with Crippen molar-refractivity contribution in [3.63, 3.8) is 0 Å². The summed E-state index contributed by atoms with van der Waals surface area (Å²) in [5, 5.41) is 0. The van der Waals surface area contributed by atoms with Gasteiger partial charge < -0.3 is 9.97 Å². The second-order valence-electron chi connectivity index (χ2n) is 4.42. The van der Waals surface area contributed by atoms with E-state index >= 15 is 0 Å². The van der Waals surface area contributed by atoms with E-state index in [2.05, 4.69) is 9.97 Å². The molecule has 0 radical (unpaired) electrons. The molecule has 3 nitrogen and oxygen atoms in total. The van der Waals surface area contributed by atoms with E-state index in [1.54, 1.807) is 0 Å². The lowest BCUT2D eigenvalue weighted by molar-refractivity contribution is -0.111. The number of rotatable bonds is 2. The van der Waals surface area contributed by atoms with Crippen LogP contribution in [-0.2, 0) is 4.79 Å². The van der Waals surface area contributed by atoms with Crippen LogP contribution in [0.1, 0.15) is 24.2 Å². The van der Waals surface area contributed by atoms with E-state index in [1.165, 1.54) is 0 Å². The zero-order chi connectivity index (χ0) is 12.4. The van der Waals surface area contributed by atoms with Crippen LogP contribution in [0.2, 0.25) is 0 Å². The number of nitrogens with one attached hydrogen (secondary N) is 2. The summed E-state index contributed by atoms with van der Waals surface area (Å²) in [6, 6.07) is 7.79. The molecule has 0 bridgehead atoms. The van der Waals surface area contributed by atoms with E-state index in [-0.39, 0.29) is 5.78 Å². The molecule has 0 saturated heterocycles. The van der Waals surface area contributed by atoms with Gasteiger partial charge in [0.2, 0.25) is 0 Å². The van der Waals surface area contributed by atoms with E-state index in [9.17, 15) is 4.79 Å². The van der Waals surface area contributed by atoms with E-state index in [0.29, 0.717) is 0 Å². The van der Waals surface area contributed by atoms with Crippen LogP contribution in [0.5, 0.6) is 0 Å². The zero-order valence-electron chi connectivity index (χ0n) is 9.94. The Kier molecular flexibility index (Phi) is 2.73. The van der Waals surface area contributed by atoms with Gasteiger partial charge in [-0.25, -0.2) is 0 Å². The van der Waals surface area contributed by atoms with Gasteiger partial charge in [0, 0.05) is 34.9 Å². The second kappa shape index (κ2) is 4.53. The van der Waals surface area contributed by atoms with Gasteiger partial charge in [-0.2, -0.15) is 0 Å². The van der Waals surface area contributed by atoms with Crippen molar-refractivity contribution in [2.75, 3.05) is 0 Å². The molecule has 1 aliphatic rings. The molecular formula is C15H14N2O. The normalized spacial score (nSPS) is 20.1. The molecule has 3 rings (SSSR count). The standard InChI is InChI=1S/C15H14N2O/c18-15-11(9-13-3-1-7-16-13)5-6-12(15)10-14-4-2-8-17-14/h1-4,7-10,16-17H,5-6H2/b11-9+,12-10+. The smallest absolute Gasteiger partial charge is 0.185 e. The Morgan fingerprint density at radius 3 is 1.78 bits per heavy atom. The first kappa shape index (κ1) is 10.8. The maximum atomic E-state index is 12.2. The molecule has 1 aliphatic carbocycles. The largest absolute Gasteiger partial charge is 0.362 e. The predicted molar refractivity (Wildman–Crippen MR) is 71.8 cm³/mol. The van der Waals surface area contributed by atoms with Gasteiger partial charge in [-0.15, -0.1) is 0 Å². The SMILES string of the molecule is O=C1/C(=C/c2ccc[nH]2)CC/C1=C\c1ccc[nH]1. The minimum absolute atomic E-state index is 0.166. The summed E-state index contributed by atoms with van der Waals surface area (Å²) in [5.74, 6) is 0.166. The minimum atomic E-state index is 0.166. The summed E-state index contributed by atoms with van der Waals surface area (Å²) in [4.78, 5) is 18.4. The molecule has 0 spiro atoms. The third-order valence-corrected chi connectivity index (χ3v) is 3.15. The van der Waals surface area contributed by atoms with Crippen molar-refractivity contribution in [1.82, 2.24) is 9.97 Å². The van der Waals surface area contributed by atoms with Crippen molar-refractivity contribution in [1.29, 1.82) is 0 Å². The lowest BCUT2D eigenvalue weighted by Crippen LogP contribution is -1.95. The third kappa shape index (κ3) is 2.07. The molecule has 1 saturated carbocycles. The highest BCUT2D eigenvalue weighted by Crippen LogP contribution is 2.28. The van der Waals surface area contributed by atoms with Gasteiger partial charge in [0.05, 0.1) is 0 Å². The predicted octanol–water partition coefficient (Wildman–Crippen LogP) is 3.17. The first-order chi connectivity index (χ1) is 8.83. The molecule has 18 heavy (non-hydrogen) atoms. The van der Waals surface area contributed by atoms with Crippen LogP contribution >= 0.6 is 0 Å². The Balaban J connectivity index is 1.85. The molecule has 0 aliphatic heterocycles. The number of H-pyrrole nitrogens is 2. The Morgan fingerprint density at radius 2 is 1.39 bits per heavy atom. The molecule has 90 valence electrons. The highest BCUT2D eigenvalue weighted by molar-refractivity contribution is 6.15. The first-order valence-electron chi connectivity index (χ1n) is 6.05. The topological polar surface area (TPSA) is 48.6 Å². The quantitative estimate of drug-likeness (QED) is 0.776. The summed E-state index contributed by atoms with van der Waals surface area (Å²) in [5.41, 5.74) is 3.74. The number of ketones is 1. The van der Waals surface area contributed by atoms with Gasteiger partial charge >= 0.3 is 0 Å². The average molecular weight is 238 g/mol. The fraction of sp³-hybridized carbons (Fsp3) is 0.133. The number of allylic oxidation sites excluding steroid dienone is 2. The highest BCUT2D eigenvalue weighted by atomic mass is 16.1. The average Bonchev–Trinajstić information content (AvgIpc) is 3.08. The van der Waals surface area contributed by atoms with Crippen LogP contribution in [0.25, 0.3) is 12.2 Å². The molecule has 3 heteroatoms. The molecular weight excluding hydrogens is 224 g/mol. The second-order valence-corrected chi connectivity index (χ2v) is 4.42. The number of hydrogen-bond donors (Lipinski definition) is 2. The van der Waals surface area contributed by atoms with Crippen LogP contribution in [0, 0.1) is 0 Å². The van der Waals surface area contributed by atoms with Crippen molar-refractivity contribution in [2.24, 2.45) is 0 Å². The number of carbonyl (C=O) groups excluding carboxylic acids is 1. The van der Waals surface area contributed by atoms with Crippen molar-refractivity contribution in [3.8, 4) is 0 Å². The summed E-state index contributed by atoms with van der Waals surface area (Å²) in [6.07, 6.45) is 9.26. The number of hydrogen-bond acceptors (Lipinski definition) is 1. The van der Waals surface area contributed by atoms with E-state index in [4.69, 9.17) is 0 Å². The first-order valence-corrected chi connectivity index (χ1v) is 6.05. The number of Topliss-reactive ketones (excluding diaryl/α,β-unsaturated/α-hetero) is 1. The summed E-state index contributed by atoms with van der Waals surface area (Å²) < 4.78 is 0. The maximum Gasteiger partial charge on any atom is 0.185 e. The van der Waals surface area contributed by atoms with Gasteiger partial charge in [0.15, 0.2) is 5.78 Å². The Hall–Kier alpha value is -2.29. The highest BCUT2D eigenvalue weighted by Gasteiger charge is 2.22. The lowest BCUT2D eigenvalue weighted by Gasteiger charge is -1.94. The van der Waals surface area contributed by atoms with Crippen LogP contribution in [0.15, 0.2) is 47.8 Å². The van der Waals surface area contributed by atoms with Gasteiger partial charge in [-0.3, -0.25) is 4.79 Å². The zero-order valence-corrected chi connectivity index (χ0v) is 9.94. The number of aromatic amines is 2. The molecule has 0 aromatic carbocycles. The fourth-order valence-corrected chi connectivity index (χ4v) is 2.22.